The van der Waals surface area contributed by atoms with Crippen LogP contribution in [0, 0.1) is 0 Å². The monoisotopic (exact) mass is 915 g/mol. The van der Waals surface area contributed by atoms with E-state index in [9.17, 15) is 0 Å². The van der Waals surface area contributed by atoms with Gasteiger partial charge >= 0.3 is 0 Å². The third kappa shape index (κ3) is 8.40. The van der Waals surface area contributed by atoms with E-state index < -0.39 is 0 Å². The number of nitrogens with zero attached hydrogens (tertiary/aromatic N) is 5. The zero-order chi connectivity index (χ0) is 47.7. The molecule has 2 aliphatic rings. The fourth-order valence-corrected chi connectivity index (χ4v) is 10.6. The van der Waals surface area contributed by atoms with Crippen molar-refractivity contribution >= 4 is 57.2 Å². The van der Waals surface area contributed by atoms with Crippen molar-refractivity contribution in [3.63, 3.8) is 0 Å². The number of unbranched alkanes of at least 4 members (excludes halogenated alkanes) is 2. The molecule has 1 aromatic heterocycles. The minimum atomic E-state index is -0.0303. The molecule has 3 heterocycles. The van der Waals surface area contributed by atoms with Crippen LogP contribution in [0.2, 0.25) is 0 Å². The second-order valence-corrected chi connectivity index (χ2v) is 18.9. The van der Waals surface area contributed by atoms with Crippen LogP contribution in [-0.2, 0) is 12.8 Å². The number of anilines is 6. The summed E-state index contributed by atoms with van der Waals surface area (Å²) in [6.07, 6.45) is 6.58. The number of rotatable bonds is 13. The fourth-order valence-electron chi connectivity index (χ4n) is 10.6. The summed E-state index contributed by atoms with van der Waals surface area (Å²) in [5.41, 5.74) is 21.0. The van der Waals surface area contributed by atoms with Crippen molar-refractivity contribution in [3.8, 4) is 56.4 Å². The van der Waals surface area contributed by atoms with Gasteiger partial charge in [-0.15, -0.1) is 0 Å². The number of benzene rings is 9. The first-order valence-electron chi connectivity index (χ1n) is 25.3. The Balaban J connectivity index is 1.15. The van der Waals surface area contributed by atoms with Gasteiger partial charge in [-0.1, -0.05) is 197 Å². The molecule has 342 valence electrons. The molecular formula is C65H54BN5. The Morgan fingerprint density at radius 2 is 0.690 bits per heavy atom. The molecule has 0 spiro atoms. The summed E-state index contributed by atoms with van der Waals surface area (Å²) in [7, 11) is 0. The highest BCUT2D eigenvalue weighted by Crippen LogP contribution is 2.47. The maximum absolute atomic E-state index is 5.37. The average molecular weight is 916 g/mol. The number of aryl methyl sites for hydroxylation is 2. The molecule has 71 heavy (non-hydrogen) atoms. The summed E-state index contributed by atoms with van der Waals surface area (Å²) in [5, 5.41) is 0. The molecule has 0 unspecified atom stereocenters. The zero-order valence-electron chi connectivity index (χ0n) is 40.3. The van der Waals surface area contributed by atoms with E-state index in [1.54, 1.807) is 0 Å². The van der Waals surface area contributed by atoms with Gasteiger partial charge in [0.15, 0.2) is 17.5 Å². The average Bonchev–Trinajstić information content (AvgIpc) is 3.44. The molecule has 9 aromatic carbocycles. The third-order valence-corrected chi connectivity index (χ3v) is 14.3. The van der Waals surface area contributed by atoms with Crippen LogP contribution < -0.4 is 26.2 Å². The van der Waals surface area contributed by atoms with Crippen LogP contribution in [0.1, 0.15) is 50.7 Å². The Morgan fingerprint density at radius 3 is 1.07 bits per heavy atom. The lowest BCUT2D eigenvalue weighted by Gasteiger charge is -2.44. The van der Waals surface area contributed by atoms with Crippen LogP contribution >= 0.6 is 0 Å². The Labute approximate surface area is 418 Å². The molecule has 0 fully saturated rings. The summed E-state index contributed by atoms with van der Waals surface area (Å²) >= 11 is 0. The summed E-state index contributed by atoms with van der Waals surface area (Å²) < 4.78 is 0. The van der Waals surface area contributed by atoms with Crippen LogP contribution in [0.3, 0.4) is 0 Å². The molecule has 6 heteroatoms. The van der Waals surface area contributed by atoms with Gasteiger partial charge in [-0.2, -0.15) is 0 Å². The van der Waals surface area contributed by atoms with E-state index in [0.717, 1.165) is 78.0 Å². The van der Waals surface area contributed by atoms with Crippen LogP contribution in [-0.4, -0.2) is 21.7 Å². The lowest BCUT2D eigenvalue weighted by atomic mass is 9.33. The van der Waals surface area contributed by atoms with Crippen molar-refractivity contribution in [1.29, 1.82) is 0 Å². The smallest absolute Gasteiger partial charge is 0.252 e. The number of hydrogen-bond acceptors (Lipinski definition) is 5. The Bertz CT molecular complexity index is 3260. The van der Waals surface area contributed by atoms with E-state index in [0.29, 0.717) is 17.5 Å². The molecule has 5 nitrogen and oxygen atoms in total. The molecule has 2 aliphatic heterocycles. The van der Waals surface area contributed by atoms with Crippen LogP contribution in [0.25, 0.3) is 56.4 Å². The maximum atomic E-state index is 5.37. The van der Waals surface area contributed by atoms with E-state index in [4.69, 9.17) is 15.0 Å². The van der Waals surface area contributed by atoms with Crippen LogP contribution in [0.4, 0.5) is 34.1 Å². The third-order valence-electron chi connectivity index (χ3n) is 14.3. The molecule has 0 atom stereocenters. The van der Waals surface area contributed by atoms with E-state index in [2.05, 4.69) is 206 Å². The van der Waals surface area contributed by atoms with Crippen molar-refractivity contribution in [2.24, 2.45) is 0 Å². The molecule has 0 saturated carbocycles. The molecule has 12 rings (SSSR count). The number of hydrogen-bond donors (Lipinski definition) is 0. The van der Waals surface area contributed by atoms with Gasteiger partial charge in [0.05, 0.1) is 0 Å². The van der Waals surface area contributed by atoms with Crippen molar-refractivity contribution in [3.05, 3.63) is 230 Å². The molecule has 0 saturated heterocycles. The van der Waals surface area contributed by atoms with Crippen molar-refractivity contribution in [1.82, 2.24) is 15.0 Å². The first kappa shape index (κ1) is 43.9. The fraction of sp³-hybridized carbons (Fsp3) is 0.123. The molecule has 0 aliphatic carbocycles. The molecule has 10 aromatic rings. The summed E-state index contributed by atoms with van der Waals surface area (Å²) in [5.74, 6) is 1.89. The number of aromatic nitrogens is 3. The summed E-state index contributed by atoms with van der Waals surface area (Å²) in [6, 6.07) is 79.5. The van der Waals surface area contributed by atoms with Gasteiger partial charge in [0, 0.05) is 50.8 Å². The lowest BCUT2D eigenvalue weighted by Crippen LogP contribution is -2.61. The second kappa shape index (κ2) is 19.2. The Hall–Kier alpha value is -8.35. The second-order valence-electron chi connectivity index (χ2n) is 18.9. The van der Waals surface area contributed by atoms with Gasteiger partial charge in [0.1, 0.15) is 0 Å². The Morgan fingerprint density at radius 1 is 0.338 bits per heavy atom. The Kier molecular flexibility index (Phi) is 11.9. The predicted molar refractivity (Wildman–Crippen MR) is 298 cm³/mol. The minimum Gasteiger partial charge on any atom is -0.311 e. The quantitative estimate of drug-likeness (QED) is 0.108. The molecular weight excluding hydrogens is 862 g/mol. The predicted octanol–water partition coefficient (Wildman–Crippen LogP) is 15.0. The van der Waals surface area contributed by atoms with Crippen molar-refractivity contribution in [2.45, 2.75) is 52.4 Å². The van der Waals surface area contributed by atoms with E-state index in [-0.39, 0.29) is 6.71 Å². The van der Waals surface area contributed by atoms with E-state index >= 15 is 0 Å². The molecule has 0 bridgehead atoms. The standard InChI is InChI=1S/C65H54BN5/c1-3-5-19-45-29-39-56-58(41-45)70(54-35-31-49(32-36-54)47-21-11-7-12-22-47)60-43-53(65-68-63(51-25-15-9-16-26-51)67-64(69-65)52-27-17-10-18-28-52)44-61-62(60)66(56)57-40-30-46(20-6-4-2)42-59(57)71(61)55-37-33-50(34-38-55)48-23-13-8-14-24-48/h7-18,21-44H,3-6,19-20H2,1-2H3. The first-order valence-corrected chi connectivity index (χ1v) is 25.3. The molecule has 0 amide bonds. The van der Waals surface area contributed by atoms with Gasteiger partial charge in [0.2, 0.25) is 0 Å². The SMILES string of the molecule is CCCCc1ccc2c(c1)N(c1ccc(-c3ccccc3)cc1)c1cc(-c3nc(-c4ccccc4)nc(-c4ccccc4)n3)cc3c1B2c1ccc(CCCC)cc1N3c1ccc(-c2ccccc2)cc1. The van der Waals surface area contributed by atoms with Gasteiger partial charge in [-0.25, -0.2) is 15.0 Å². The van der Waals surface area contributed by atoms with Crippen LogP contribution in [0.5, 0.6) is 0 Å². The number of fused-ring (bicyclic) bond motifs is 4. The lowest BCUT2D eigenvalue weighted by molar-refractivity contribution is 0.795. The van der Waals surface area contributed by atoms with Crippen molar-refractivity contribution in [2.75, 3.05) is 9.80 Å². The topological polar surface area (TPSA) is 45.2 Å². The van der Waals surface area contributed by atoms with Gasteiger partial charge in [-0.3, -0.25) is 0 Å². The first-order chi connectivity index (χ1) is 35.1. The van der Waals surface area contributed by atoms with E-state index in [1.807, 2.05) is 36.4 Å². The highest BCUT2D eigenvalue weighted by atomic mass is 15.2. The largest absolute Gasteiger partial charge is 0.311 e. The van der Waals surface area contributed by atoms with E-state index in [1.165, 1.54) is 61.1 Å². The normalized spacial score (nSPS) is 12.3. The summed E-state index contributed by atoms with van der Waals surface area (Å²) in [6.45, 7) is 4.53. The van der Waals surface area contributed by atoms with Gasteiger partial charge in [0.25, 0.3) is 6.71 Å². The zero-order valence-corrected chi connectivity index (χ0v) is 40.3. The molecule has 0 N–H and O–H groups in total. The van der Waals surface area contributed by atoms with Gasteiger partial charge in [-0.05, 0) is 124 Å². The highest BCUT2D eigenvalue weighted by molar-refractivity contribution is 7.00. The maximum Gasteiger partial charge on any atom is 0.252 e. The van der Waals surface area contributed by atoms with Crippen molar-refractivity contribution < 1.29 is 0 Å². The minimum absolute atomic E-state index is 0.0303. The molecule has 0 radical (unpaired) electrons. The highest BCUT2D eigenvalue weighted by Gasteiger charge is 2.44. The van der Waals surface area contributed by atoms with Gasteiger partial charge < -0.3 is 9.80 Å². The summed E-state index contributed by atoms with van der Waals surface area (Å²) in [4.78, 5) is 20.9. The van der Waals surface area contributed by atoms with Crippen LogP contribution in [0.15, 0.2) is 218 Å².